The van der Waals surface area contributed by atoms with E-state index < -0.39 is 5.97 Å². The van der Waals surface area contributed by atoms with Crippen LogP contribution in [-0.4, -0.2) is 35.6 Å². The number of amides is 1. The molecule has 0 radical (unpaired) electrons. The van der Waals surface area contributed by atoms with E-state index in [1.54, 1.807) is 0 Å². The van der Waals surface area contributed by atoms with Gasteiger partial charge in [0.05, 0.1) is 0 Å². The van der Waals surface area contributed by atoms with Gasteiger partial charge in [0.1, 0.15) is 12.6 Å². The number of allylic oxidation sites excluding steroid dienone is 3. The van der Waals surface area contributed by atoms with E-state index in [1.807, 2.05) is 6.08 Å². The molecule has 1 unspecified atom stereocenters. The van der Waals surface area contributed by atoms with E-state index in [1.165, 1.54) is 77.0 Å². The Morgan fingerprint density at radius 3 is 1.76 bits per heavy atom. The molecule has 0 saturated heterocycles. The van der Waals surface area contributed by atoms with Crippen molar-refractivity contribution in [3.8, 4) is 0 Å². The zero-order valence-corrected chi connectivity index (χ0v) is 26.6. The quantitative estimate of drug-likeness (QED) is 0.0504. The van der Waals surface area contributed by atoms with Crippen molar-refractivity contribution in [1.82, 2.24) is 5.32 Å². The van der Waals surface area contributed by atoms with Crippen molar-refractivity contribution in [3.63, 3.8) is 0 Å². The third-order valence-electron chi connectivity index (χ3n) is 7.33. The number of esters is 1. The highest BCUT2D eigenvalue weighted by Crippen LogP contribution is 2.15. The van der Waals surface area contributed by atoms with Crippen LogP contribution in [0.3, 0.4) is 0 Å². The van der Waals surface area contributed by atoms with Gasteiger partial charge in [-0.1, -0.05) is 116 Å². The Hall–Kier alpha value is -2.11. The fourth-order valence-electron chi connectivity index (χ4n) is 4.76. The van der Waals surface area contributed by atoms with Crippen LogP contribution >= 0.6 is 0 Å². The van der Waals surface area contributed by atoms with Crippen LogP contribution < -0.4 is 5.32 Å². The van der Waals surface area contributed by atoms with Crippen molar-refractivity contribution in [2.24, 2.45) is 0 Å². The van der Waals surface area contributed by atoms with Crippen molar-refractivity contribution in [2.75, 3.05) is 6.54 Å². The van der Waals surface area contributed by atoms with E-state index >= 15 is 0 Å². The fraction of sp³-hybridized carbons (Fsp3) is 0.800. The topological polar surface area (TPSA) is 92.7 Å². The minimum absolute atomic E-state index is 0.0986. The number of carboxylic acids is 1. The molecule has 0 aromatic rings. The van der Waals surface area contributed by atoms with Crippen molar-refractivity contribution in [1.29, 1.82) is 0 Å². The predicted octanol–water partition coefficient (Wildman–Crippen LogP) is 9.61. The molecule has 0 aliphatic carbocycles. The molecular weight excluding hydrogens is 514 g/mol. The summed E-state index contributed by atoms with van der Waals surface area (Å²) >= 11 is 0. The van der Waals surface area contributed by atoms with Crippen molar-refractivity contribution in [3.05, 3.63) is 24.3 Å². The van der Waals surface area contributed by atoms with Gasteiger partial charge in [-0.2, -0.15) is 0 Å². The first-order valence-corrected chi connectivity index (χ1v) is 17.0. The molecule has 0 aliphatic rings. The van der Waals surface area contributed by atoms with Crippen LogP contribution in [0.15, 0.2) is 24.3 Å². The summed E-state index contributed by atoms with van der Waals surface area (Å²) < 4.78 is 5.80. The zero-order chi connectivity index (χ0) is 30.2. The molecular formula is C35H63NO5. The molecule has 41 heavy (non-hydrogen) atoms. The zero-order valence-electron chi connectivity index (χ0n) is 26.6. The van der Waals surface area contributed by atoms with Crippen LogP contribution in [0.2, 0.25) is 0 Å². The Bertz CT molecular complexity index is 688. The van der Waals surface area contributed by atoms with Crippen LogP contribution in [0.25, 0.3) is 0 Å². The van der Waals surface area contributed by atoms with E-state index in [9.17, 15) is 14.4 Å². The van der Waals surface area contributed by atoms with Gasteiger partial charge in [0, 0.05) is 12.8 Å². The number of carboxylic acid groups (broad SMARTS) is 1. The number of carbonyl (C=O) groups is 3. The van der Waals surface area contributed by atoms with E-state index in [4.69, 9.17) is 9.84 Å². The molecule has 0 bridgehead atoms. The molecule has 1 amide bonds. The van der Waals surface area contributed by atoms with Crippen LogP contribution in [-0.2, 0) is 19.1 Å². The lowest BCUT2D eigenvalue weighted by molar-refractivity contribution is -0.147. The number of aliphatic carboxylic acids is 1. The summed E-state index contributed by atoms with van der Waals surface area (Å²) in [6, 6.07) is 0. The predicted molar refractivity (Wildman–Crippen MR) is 171 cm³/mol. The summed E-state index contributed by atoms with van der Waals surface area (Å²) in [5.41, 5.74) is 0. The third kappa shape index (κ3) is 30.7. The maximum atomic E-state index is 12.5. The van der Waals surface area contributed by atoms with E-state index in [2.05, 4.69) is 37.4 Å². The van der Waals surface area contributed by atoms with E-state index in [0.717, 1.165) is 64.2 Å². The largest absolute Gasteiger partial charge is 0.480 e. The van der Waals surface area contributed by atoms with Crippen molar-refractivity contribution < 1.29 is 24.2 Å². The van der Waals surface area contributed by atoms with Gasteiger partial charge in [-0.15, -0.1) is 0 Å². The van der Waals surface area contributed by atoms with Gasteiger partial charge < -0.3 is 15.2 Å². The monoisotopic (exact) mass is 577 g/mol. The number of hydrogen-bond acceptors (Lipinski definition) is 4. The first-order valence-electron chi connectivity index (χ1n) is 17.0. The second-order valence-electron chi connectivity index (χ2n) is 11.4. The number of unbranched alkanes of at least 4 members (excludes halogenated alkanes) is 17. The Kier molecular flexibility index (Phi) is 29.3. The Labute approximate surface area is 252 Å². The molecule has 0 heterocycles. The van der Waals surface area contributed by atoms with Crippen LogP contribution in [0.1, 0.15) is 168 Å². The number of nitrogens with one attached hydrogen (secondary N) is 1. The number of rotatable bonds is 30. The van der Waals surface area contributed by atoms with Gasteiger partial charge in [0.15, 0.2) is 0 Å². The summed E-state index contributed by atoms with van der Waals surface area (Å²) in [6.45, 7) is 4.11. The first-order chi connectivity index (χ1) is 20.0. The normalized spacial score (nSPS) is 12.2. The van der Waals surface area contributed by atoms with Gasteiger partial charge in [-0.3, -0.25) is 14.4 Å². The molecule has 238 valence electrons. The summed E-state index contributed by atoms with van der Waals surface area (Å²) in [4.78, 5) is 34.6. The SMILES string of the molecule is CCCC/C=C\C(CCCCCCC(=O)NCC(=O)O)OC(=O)CCCCCCC/C=C\CCCCCCCCC. The molecule has 6 nitrogen and oxygen atoms in total. The molecule has 0 aliphatic heterocycles. The summed E-state index contributed by atoms with van der Waals surface area (Å²) in [5, 5.41) is 11.0. The molecule has 0 spiro atoms. The van der Waals surface area contributed by atoms with Gasteiger partial charge in [0.25, 0.3) is 0 Å². The molecule has 0 rings (SSSR count). The van der Waals surface area contributed by atoms with Crippen LogP contribution in [0, 0.1) is 0 Å². The molecule has 0 aromatic heterocycles. The molecule has 0 fully saturated rings. The second kappa shape index (κ2) is 30.8. The van der Waals surface area contributed by atoms with Gasteiger partial charge in [-0.25, -0.2) is 0 Å². The molecule has 0 saturated carbocycles. The highest BCUT2D eigenvalue weighted by Gasteiger charge is 2.11. The average Bonchev–Trinajstić information content (AvgIpc) is 2.95. The van der Waals surface area contributed by atoms with E-state index in [-0.39, 0.29) is 24.5 Å². The molecule has 6 heteroatoms. The Morgan fingerprint density at radius 2 is 1.15 bits per heavy atom. The number of hydrogen-bond donors (Lipinski definition) is 2. The lowest BCUT2D eigenvalue weighted by Crippen LogP contribution is -2.28. The molecule has 0 aromatic carbocycles. The maximum absolute atomic E-state index is 12.5. The van der Waals surface area contributed by atoms with Crippen molar-refractivity contribution >= 4 is 17.8 Å². The Balaban J connectivity index is 3.93. The lowest BCUT2D eigenvalue weighted by Gasteiger charge is -2.15. The maximum Gasteiger partial charge on any atom is 0.322 e. The van der Waals surface area contributed by atoms with Crippen molar-refractivity contribution in [2.45, 2.75) is 174 Å². The lowest BCUT2D eigenvalue weighted by atomic mass is 10.1. The standard InChI is InChI=1S/C35H63NO5/c1-3-5-7-9-10-11-12-13-14-15-16-17-18-19-20-26-30-35(40)41-32(27-23-8-6-4-2)28-24-21-22-25-29-33(37)36-31-34(38)39/h14-15,23,27,32H,3-13,16-22,24-26,28-31H2,1-2H3,(H,36,37)(H,38,39)/b15-14-,27-23-. The first kappa shape index (κ1) is 38.9. The molecule has 1 atom stereocenters. The number of carbonyl (C=O) groups excluding carboxylic acids is 2. The molecule has 2 N–H and O–H groups in total. The van der Waals surface area contributed by atoms with E-state index in [0.29, 0.717) is 12.8 Å². The smallest absolute Gasteiger partial charge is 0.322 e. The third-order valence-corrected chi connectivity index (χ3v) is 7.33. The number of ether oxygens (including phenoxy) is 1. The summed E-state index contributed by atoms with van der Waals surface area (Å²) in [5.74, 6) is -1.35. The fourth-order valence-corrected chi connectivity index (χ4v) is 4.76. The highest BCUT2D eigenvalue weighted by atomic mass is 16.5. The minimum Gasteiger partial charge on any atom is -0.480 e. The summed E-state index contributed by atoms with van der Waals surface area (Å²) in [7, 11) is 0. The van der Waals surface area contributed by atoms with Crippen LogP contribution in [0.5, 0.6) is 0 Å². The summed E-state index contributed by atoms with van der Waals surface area (Å²) in [6.07, 6.45) is 34.7. The van der Waals surface area contributed by atoms with Gasteiger partial charge in [-0.05, 0) is 63.9 Å². The van der Waals surface area contributed by atoms with Gasteiger partial charge in [0.2, 0.25) is 5.91 Å². The Morgan fingerprint density at radius 1 is 0.634 bits per heavy atom. The van der Waals surface area contributed by atoms with Crippen LogP contribution in [0.4, 0.5) is 0 Å². The second-order valence-corrected chi connectivity index (χ2v) is 11.4. The highest BCUT2D eigenvalue weighted by molar-refractivity contribution is 5.80. The van der Waals surface area contributed by atoms with Gasteiger partial charge >= 0.3 is 11.9 Å². The average molecular weight is 578 g/mol. The minimum atomic E-state index is -1.03.